The normalized spacial score (nSPS) is 29.0. The first-order chi connectivity index (χ1) is 20.3. The molecule has 6 rings (SSSR count). The summed E-state index contributed by atoms with van der Waals surface area (Å²) < 4.78 is 30.8. The Morgan fingerprint density at radius 3 is 1.70 bits per heavy atom. The second-order valence-electron chi connectivity index (χ2n) is 13.1. The molecule has 0 bridgehead atoms. The number of imide groups is 1. The molecule has 6 aliphatic rings. The van der Waals surface area contributed by atoms with E-state index in [0.717, 1.165) is 50.5 Å². The Balaban J connectivity index is 0.000000267. The lowest BCUT2D eigenvalue weighted by atomic mass is 9.84. The lowest BCUT2D eigenvalue weighted by Gasteiger charge is -2.39. The zero-order chi connectivity index (χ0) is 32.7. The van der Waals surface area contributed by atoms with Gasteiger partial charge in [-0.2, -0.15) is 12.6 Å². The number of likely N-dealkylation sites (N-methyl/N-ethyl adjacent to an activating group) is 1. The average Bonchev–Trinajstić information content (AvgIpc) is 3.82. The maximum absolute atomic E-state index is 10.4. The van der Waals surface area contributed by atoms with Crippen LogP contribution in [0.3, 0.4) is 0 Å². The van der Waals surface area contributed by atoms with Gasteiger partial charge in [0.15, 0.2) is 0 Å². The molecule has 4 unspecified atom stereocenters. The number of carbonyl (C=O) groups excluding carboxylic acids is 2. The maximum Gasteiger partial charge on any atom is 0.253 e. The van der Waals surface area contributed by atoms with Gasteiger partial charge in [0.1, 0.15) is 0 Å². The summed E-state index contributed by atoms with van der Waals surface area (Å²) in [6, 6.07) is 0. The van der Waals surface area contributed by atoms with E-state index in [2.05, 4.69) is 54.2 Å². The first-order valence-corrected chi connectivity index (χ1v) is 16.6. The minimum absolute atomic E-state index is 0.208. The monoisotopic (exact) mass is 631 g/mol. The molecule has 1 saturated carbocycles. The van der Waals surface area contributed by atoms with E-state index >= 15 is 0 Å². The van der Waals surface area contributed by atoms with Gasteiger partial charge < -0.3 is 28.4 Å². The summed E-state index contributed by atoms with van der Waals surface area (Å²) in [5.74, 6) is 0.291. The Kier molecular flexibility index (Phi) is 18.1. The Bertz CT molecular complexity index is 819. The van der Waals surface area contributed by atoms with Crippen LogP contribution in [0.2, 0.25) is 0 Å². The van der Waals surface area contributed by atoms with Crippen LogP contribution in [0, 0.1) is 16.7 Å². The summed E-state index contributed by atoms with van der Waals surface area (Å²) in [7, 11) is 4.97. The molecular formula is C33H61NO8S. The van der Waals surface area contributed by atoms with Gasteiger partial charge in [0.05, 0.1) is 56.9 Å². The number of nitrogens with zero attached hydrogens (tertiary/aromatic N) is 1. The number of hydrogen-bond acceptors (Lipinski definition) is 9. The average molecular weight is 632 g/mol. The zero-order valence-electron chi connectivity index (χ0n) is 28.6. The van der Waals surface area contributed by atoms with E-state index in [1.807, 2.05) is 0 Å². The van der Waals surface area contributed by atoms with E-state index in [9.17, 15) is 9.59 Å². The van der Waals surface area contributed by atoms with Crippen molar-refractivity contribution in [1.82, 2.24) is 4.90 Å². The second-order valence-corrected chi connectivity index (χ2v) is 13.1. The van der Waals surface area contributed by atoms with Gasteiger partial charge in [0.2, 0.25) is 0 Å². The number of ether oxygens (including phenoxy) is 6. The van der Waals surface area contributed by atoms with Crippen LogP contribution in [0.15, 0.2) is 12.2 Å². The van der Waals surface area contributed by atoms with E-state index in [1.54, 1.807) is 20.5 Å². The molecule has 0 aromatic rings. The van der Waals surface area contributed by atoms with Gasteiger partial charge in [-0.25, -0.2) is 0 Å². The number of thiol groups is 1. The highest BCUT2D eigenvalue weighted by atomic mass is 32.1. The molecule has 9 nitrogen and oxygen atoms in total. The second kappa shape index (κ2) is 19.5. The SMILES string of the molecule is CC1OC1(C)C.CCC1(COC)COC1.CCCC1(C)COC1.CN1C(=O)C=CC1=O.COCC1CCC2OC2C1.CS. The third-order valence-electron chi connectivity index (χ3n) is 8.72. The zero-order valence-corrected chi connectivity index (χ0v) is 29.5. The molecule has 5 heterocycles. The number of hydrogen-bond donors (Lipinski definition) is 1. The molecule has 4 atom stereocenters. The van der Waals surface area contributed by atoms with E-state index < -0.39 is 0 Å². The van der Waals surface area contributed by atoms with Crippen LogP contribution in [0.5, 0.6) is 0 Å². The fraction of sp³-hybridized carbons (Fsp3) is 0.879. The fourth-order valence-corrected chi connectivity index (χ4v) is 5.06. The summed E-state index contributed by atoms with van der Waals surface area (Å²) >= 11 is 3.53. The molecule has 5 fully saturated rings. The highest BCUT2D eigenvalue weighted by Crippen LogP contribution is 2.39. The Labute approximate surface area is 267 Å². The van der Waals surface area contributed by atoms with E-state index in [4.69, 9.17) is 28.4 Å². The highest BCUT2D eigenvalue weighted by Gasteiger charge is 2.44. The third kappa shape index (κ3) is 14.3. The summed E-state index contributed by atoms with van der Waals surface area (Å²) in [6.45, 7) is 18.5. The number of epoxide rings is 2. The van der Waals surface area contributed by atoms with Crippen LogP contribution in [0.25, 0.3) is 0 Å². The van der Waals surface area contributed by atoms with Crippen LogP contribution in [0.4, 0.5) is 0 Å². The first kappa shape index (κ1) is 40.0. The third-order valence-corrected chi connectivity index (χ3v) is 8.72. The van der Waals surface area contributed by atoms with E-state index in [1.165, 1.54) is 57.7 Å². The maximum atomic E-state index is 10.4. The standard InChI is InChI=1S/C8H14O2.C7H14O2.C7H14O.C5H5NO2.C5H10O.CH4S/c1-9-5-6-2-3-7-8(4-6)10-7;1-3-7(4-8-2)5-9-6-7;1-3-4-7(2)5-8-6-7;1-6-4(7)2-3-5(6)8;1-4-5(2,3)6-4;1-2/h6-8H,2-5H2,1H3;3-6H2,1-2H3;3-6H2,1-2H3;2-3H,1H3;4H,1-3H3;2H,1H3. The summed E-state index contributed by atoms with van der Waals surface area (Å²) in [5.41, 5.74) is 1.13. The Morgan fingerprint density at radius 2 is 1.47 bits per heavy atom. The van der Waals surface area contributed by atoms with Crippen LogP contribution in [0.1, 0.15) is 80.1 Å². The van der Waals surface area contributed by atoms with Crippen molar-refractivity contribution >= 4 is 24.4 Å². The van der Waals surface area contributed by atoms with Crippen molar-refractivity contribution in [3.8, 4) is 0 Å². The largest absolute Gasteiger partial charge is 0.384 e. The Morgan fingerprint density at radius 1 is 0.930 bits per heavy atom. The fourth-order valence-electron chi connectivity index (χ4n) is 5.06. The van der Waals surface area contributed by atoms with Gasteiger partial charge in [-0.1, -0.05) is 27.2 Å². The molecule has 43 heavy (non-hydrogen) atoms. The molecule has 1 aliphatic carbocycles. The minimum atomic E-state index is -0.241. The lowest BCUT2D eigenvalue weighted by Crippen LogP contribution is -2.45. The number of rotatable bonds is 7. The predicted octanol–water partition coefficient (Wildman–Crippen LogP) is 5.35. The van der Waals surface area contributed by atoms with Crippen molar-refractivity contribution < 1.29 is 38.0 Å². The van der Waals surface area contributed by atoms with Crippen LogP contribution < -0.4 is 0 Å². The molecule has 10 heteroatoms. The number of carbonyl (C=O) groups is 2. The van der Waals surface area contributed by atoms with Gasteiger partial charge >= 0.3 is 0 Å². The molecule has 2 amide bonds. The van der Waals surface area contributed by atoms with Crippen molar-refractivity contribution in [2.75, 3.05) is 67.2 Å². The van der Waals surface area contributed by atoms with Crippen molar-refractivity contribution in [1.29, 1.82) is 0 Å². The van der Waals surface area contributed by atoms with Gasteiger partial charge in [-0.15, -0.1) is 0 Å². The minimum Gasteiger partial charge on any atom is -0.384 e. The number of amides is 2. The Hall–Kier alpha value is -1.01. The molecule has 4 saturated heterocycles. The van der Waals surface area contributed by atoms with Gasteiger partial charge in [0, 0.05) is 50.9 Å². The van der Waals surface area contributed by atoms with Gasteiger partial charge in [-0.3, -0.25) is 14.5 Å². The smallest absolute Gasteiger partial charge is 0.253 e. The van der Waals surface area contributed by atoms with Gasteiger partial charge in [-0.05, 0) is 65.0 Å². The summed E-state index contributed by atoms with van der Waals surface area (Å²) in [4.78, 5) is 21.9. The predicted molar refractivity (Wildman–Crippen MR) is 174 cm³/mol. The number of fused-ring (bicyclic) bond motifs is 1. The van der Waals surface area contributed by atoms with Crippen molar-refractivity contribution in [3.05, 3.63) is 12.2 Å². The van der Waals surface area contributed by atoms with Crippen LogP contribution >= 0.6 is 12.6 Å². The molecule has 0 radical (unpaired) electrons. The van der Waals surface area contributed by atoms with E-state index in [0.29, 0.717) is 29.1 Å². The molecule has 0 N–H and O–H groups in total. The quantitative estimate of drug-likeness (QED) is 0.228. The van der Waals surface area contributed by atoms with Crippen molar-refractivity contribution in [2.24, 2.45) is 16.7 Å². The first-order valence-electron chi connectivity index (χ1n) is 15.8. The number of methoxy groups -OCH3 is 2. The molecule has 0 spiro atoms. The topological polar surface area (TPSA) is 99.4 Å². The van der Waals surface area contributed by atoms with E-state index in [-0.39, 0.29) is 17.4 Å². The van der Waals surface area contributed by atoms with Crippen LogP contribution in [-0.4, -0.2) is 108 Å². The highest BCUT2D eigenvalue weighted by molar-refractivity contribution is 7.79. The summed E-state index contributed by atoms with van der Waals surface area (Å²) in [6.07, 6.45) is 13.5. The van der Waals surface area contributed by atoms with Crippen molar-refractivity contribution in [3.63, 3.8) is 0 Å². The summed E-state index contributed by atoms with van der Waals surface area (Å²) in [5, 5.41) is 0. The molecule has 5 aliphatic heterocycles. The molecule has 0 aromatic heterocycles. The lowest BCUT2D eigenvalue weighted by molar-refractivity contribution is -0.144. The molecule has 0 aromatic carbocycles. The molecule has 252 valence electrons. The van der Waals surface area contributed by atoms with Gasteiger partial charge in [0.25, 0.3) is 11.8 Å². The van der Waals surface area contributed by atoms with Crippen molar-refractivity contribution in [2.45, 2.75) is 104 Å². The molecular weight excluding hydrogens is 570 g/mol. The van der Waals surface area contributed by atoms with Crippen LogP contribution in [-0.2, 0) is 38.0 Å².